The maximum Gasteiger partial charge on any atom is 0.425 e. The normalized spacial score (nSPS) is 14.1. The van der Waals surface area contributed by atoms with Crippen molar-refractivity contribution in [2.75, 3.05) is 12.3 Å². The summed E-state index contributed by atoms with van der Waals surface area (Å²) in [4.78, 5) is -0.210. The van der Waals surface area contributed by atoms with Gasteiger partial charge in [-0.05, 0) is 19.1 Å². The molecule has 0 aliphatic carbocycles. The summed E-state index contributed by atoms with van der Waals surface area (Å²) >= 11 is 0. The van der Waals surface area contributed by atoms with Crippen molar-refractivity contribution in [2.24, 2.45) is 0 Å². The minimum absolute atomic E-state index is 0.0726. The lowest BCUT2D eigenvalue weighted by atomic mass is 10.3. The molecule has 114 valence electrons. The Morgan fingerprint density at radius 2 is 2.00 bits per heavy atom. The van der Waals surface area contributed by atoms with E-state index < -0.39 is 22.3 Å². The van der Waals surface area contributed by atoms with Crippen molar-refractivity contribution in [3.05, 3.63) is 18.2 Å². The Bertz CT molecular complexity index is 573. The van der Waals surface area contributed by atoms with Gasteiger partial charge < -0.3 is 10.5 Å². The molecule has 0 aliphatic rings. The number of ether oxygens (including phenoxy) is 1. The van der Waals surface area contributed by atoms with Crippen molar-refractivity contribution < 1.29 is 26.3 Å². The summed E-state index contributed by atoms with van der Waals surface area (Å²) in [6.07, 6.45) is -6.66. The maximum atomic E-state index is 12.4. The molecule has 9 heteroatoms. The van der Waals surface area contributed by atoms with Crippen molar-refractivity contribution in [1.29, 1.82) is 0 Å². The first-order valence-corrected chi connectivity index (χ1v) is 7.18. The molecule has 0 saturated carbocycles. The van der Waals surface area contributed by atoms with Crippen LogP contribution in [0.15, 0.2) is 23.1 Å². The molecule has 0 bridgehead atoms. The van der Waals surface area contributed by atoms with Crippen LogP contribution >= 0.6 is 0 Å². The van der Waals surface area contributed by atoms with Gasteiger partial charge in [0.1, 0.15) is 5.75 Å². The van der Waals surface area contributed by atoms with Gasteiger partial charge in [0.25, 0.3) is 0 Å². The van der Waals surface area contributed by atoms with Crippen molar-refractivity contribution in [3.8, 4) is 5.75 Å². The van der Waals surface area contributed by atoms with Crippen molar-refractivity contribution >= 4 is 15.7 Å². The molecule has 0 amide bonds. The highest BCUT2D eigenvalue weighted by Crippen LogP contribution is 2.30. The average Bonchev–Trinajstić information content (AvgIpc) is 2.30. The number of anilines is 1. The van der Waals surface area contributed by atoms with Crippen LogP contribution in [0, 0.1) is 0 Å². The van der Waals surface area contributed by atoms with Crippen molar-refractivity contribution in [1.82, 2.24) is 4.72 Å². The number of halogens is 3. The fourth-order valence-electron chi connectivity index (χ4n) is 1.31. The number of hydrogen-bond acceptors (Lipinski definition) is 4. The van der Waals surface area contributed by atoms with Crippen LogP contribution in [0.1, 0.15) is 13.8 Å². The van der Waals surface area contributed by atoms with Gasteiger partial charge in [0.05, 0.1) is 10.6 Å². The number of rotatable bonds is 5. The molecule has 1 aromatic carbocycles. The quantitative estimate of drug-likeness (QED) is 0.814. The van der Waals surface area contributed by atoms with Crippen molar-refractivity contribution in [2.45, 2.75) is 31.0 Å². The molecule has 20 heavy (non-hydrogen) atoms. The second kappa shape index (κ2) is 5.88. The van der Waals surface area contributed by atoms with Gasteiger partial charge in [-0.1, -0.05) is 6.92 Å². The smallest absolute Gasteiger partial charge is 0.425 e. The Morgan fingerprint density at radius 1 is 1.40 bits per heavy atom. The predicted octanol–water partition coefficient (Wildman–Crippen LogP) is 1.90. The Morgan fingerprint density at radius 3 is 2.50 bits per heavy atom. The second-order valence-corrected chi connectivity index (χ2v) is 5.77. The highest BCUT2D eigenvalue weighted by molar-refractivity contribution is 7.89. The number of sulfonamides is 1. The molecule has 0 saturated heterocycles. The van der Waals surface area contributed by atoms with E-state index in [0.29, 0.717) is 0 Å². The minimum atomic E-state index is -4.57. The standard InChI is InChI=1S/C11H15F3N2O3S/c1-3-16-20(17,18)8-4-5-9(15)10(6-8)19-7(2)11(12,13)14/h4-7,16H,3,15H2,1-2H3. The molecule has 0 aliphatic heterocycles. The number of nitrogens with one attached hydrogen (secondary N) is 1. The molecule has 0 heterocycles. The number of nitrogen functional groups attached to an aromatic ring is 1. The molecule has 0 aromatic heterocycles. The maximum absolute atomic E-state index is 12.4. The second-order valence-electron chi connectivity index (χ2n) is 4.00. The monoisotopic (exact) mass is 312 g/mol. The third-order valence-corrected chi connectivity index (χ3v) is 3.94. The summed E-state index contributed by atoms with van der Waals surface area (Å²) in [6, 6.07) is 3.34. The third kappa shape index (κ3) is 4.01. The number of alkyl halides is 3. The van der Waals surface area contributed by atoms with Crippen LogP contribution in [0.4, 0.5) is 18.9 Å². The summed E-state index contributed by atoms with van der Waals surface area (Å²) in [7, 11) is -3.79. The van der Waals surface area contributed by atoms with E-state index in [4.69, 9.17) is 5.73 Å². The first kappa shape index (κ1) is 16.6. The minimum Gasteiger partial charge on any atom is -0.479 e. The van der Waals surface area contributed by atoms with Crippen LogP contribution in [0.2, 0.25) is 0 Å². The van der Waals surface area contributed by atoms with Gasteiger partial charge in [-0.3, -0.25) is 0 Å². The van der Waals surface area contributed by atoms with E-state index in [0.717, 1.165) is 13.0 Å². The zero-order chi connectivity index (χ0) is 15.6. The van der Waals surface area contributed by atoms with Gasteiger partial charge in [0.15, 0.2) is 6.10 Å². The van der Waals surface area contributed by atoms with E-state index in [1.807, 2.05) is 0 Å². The molecule has 3 N–H and O–H groups in total. The summed E-state index contributed by atoms with van der Waals surface area (Å²) in [5.74, 6) is -0.325. The first-order chi connectivity index (χ1) is 9.08. The van der Waals surface area contributed by atoms with Crippen LogP contribution in [0.25, 0.3) is 0 Å². The average molecular weight is 312 g/mol. The highest BCUT2D eigenvalue weighted by Gasteiger charge is 2.38. The molecule has 1 rings (SSSR count). The van der Waals surface area contributed by atoms with E-state index >= 15 is 0 Å². The lowest BCUT2D eigenvalue weighted by Gasteiger charge is -2.19. The molecule has 1 aromatic rings. The zero-order valence-electron chi connectivity index (χ0n) is 10.9. The van der Waals surface area contributed by atoms with Crippen LogP contribution < -0.4 is 15.2 Å². The Balaban J connectivity index is 3.10. The molecule has 1 unspecified atom stereocenters. The van der Waals surface area contributed by atoms with Gasteiger partial charge in [-0.2, -0.15) is 13.2 Å². The number of hydrogen-bond donors (Lipinski definition) is 2. The summed E-state index contributed by atoms with van der Waals surface area (Å²) < 4.78 is 67.7. The van der Waals surface area contributed by atoms with Gasteiger partial charge >= 0.3 is 6.18 Å². The van der Waals surface area contributed by atoms with Crippen LogP contribution in [0.3, 0.4) is 0 Å². The first-order valence-electron chi connectivity index (χ1n) is 5.70. The van der Waals surface area contributed by atoms with Gasteiger partial charge in [-0.15, -0.1) is 0 Å². The van der Waals surface area contributed by atoms with Crippen molar-refractivity contribution in [3.63, 3.8) is 0 Å². The van der Waals surface area contributed by atoms with Gasteiger partial charge in [-0.25, -0.2) is 13.1 Å². The molecular formula is C11H15F3N2O3S. The number of benzene rings is 1. The molecule has 1 atom stereocenters. The topological polar surface area (TPSA) is 81.4 Å². The largest absolute Gasteiger partial charge is 0.479 e. The third-order valence-electron chi connectivity index (χ3n) is 2.39. The summed E-state index contributed by atoms with van der Waals surface area (Å²) in [6.45, 7) is 2.55. The lowest BCUT2D eigenvalue weighted by Crippen LogP contribution is -2.31. The molecule has 0 fully saturated rings. The Labute approximate surface area is 115 Å². The van der Waals surface area contributed by atoms with E-state index in [2.05, 4.69) is 9.46 Å². The summed E-state index contributed by atoms with van der Waals surface area (Å²) in [5.41, 5.74) is 5.42. The van der Waals surface area contributed by atoms with Crippen LogP contribution in [-0.4, -0.2) is 27.2 Å². The zero-order valence-corrected chi connectivity index (χ0v) is 11.7. The summed E-state index contributed by atoms with van der Waals surface area (Å²) in [5, 5.41) is 0. The fourth-order valence-corrected chi connectivity index (χ4v) is 2.37. The highest BCUT2D eigenvalue weighted by atomic mass is 32.2. The molecule has 0 spiro atoms. The van der Waals surface area contributed by atoms with Crippen LogP contribution in [0.5, 0.6) is 5.75 Å². The lowest BCUT2D eigenvalue weighted by molar-refractivity contribution is -0.189. The fraction of sp³-hybridized carbons (Fsp3) is 0.455. The van der Waals surface area contributed by atoms with Crippen LogP contribution in [-0.2, 0) is 10.0 Å². The molecular weight excluding hydrogens is 297 g/mol. The van der Waals surface area contributed by atoms with Gasteiger partial charge in [0, 0.05) is 12.6 Å². The van der Waals surface area contributed by atoms with E-state index in [9.17, 15) is 21.6 Å². The molecule has 0 radical (unpaired) electrons. The SMILES string of the molecule is CCNS(=O)(=O)c1ccc(N)c(OC(C)C(F)(F)F)c1. The van der Waals surface area contributed by atoms with E-state index in [1.54, 1.807) is 6.92 Å². The predicted molar refractivity (Wildman–Crippen MR) is 67.9 cm³/mol. The Hall–Kier alpha value is -1.48. The molecule has 5 nitrogen and oxygen atoms in total. The van der Waals surface area contributed by atoms with E-state index in [1.165, 1.54) is 12.1 Å². The van der Waals surface area contributed by atoms with E-state index in [-0.39, 0.29) is 22.9 Å². The van der Waals surface area contributed by atoms with Gasteiger partial charge in [0.2, 0.25) is 10.0 Å². The Kier molecular flexibility index (Phi) is 4.87. The number of nitrogens with two attached hydrogens (primary N) is 1.